The fourth-order valence-electron chi connectivity index (χ4n) is 4.10. The van der Waals surface area contributed by atoms with Crippen LogP contribution in [-0.2, 0) is 6.61 Å². The average molecular weight is 404 g/mol. The Hall–Kier alpha value is -1.99. The molecule has 1 aromatic carbocycles. The van der Waals surface area contributed by atoms with Crippen molar-refractivity contribution in [1.29, 1.82) is 0 Å². The van der Waals surface area contributed by atoms with Gasteiger partial charge in [0, 0.05) is 30.6 Å². The summed E-state index contributed by atoms with van der Waals surface area (Å²) in [4.78, 5) is 21.6. The van der Waals surface area contributed by atoms with E-state index < -0.39 is 5.82 Å². The van der Waals surface area contributed by atoms with Gasteiger partial charge in [-0.15, -0.1) is 11.3 Å². The molecule has 4 rings (SSSR count). The molecule has 2 saturated heterocycles. The summed E-state index contributed by atoms with van der Waals surface area (Å²) < 4.78 is 20.3. The number of amides is 1. The molecule has 150 valence electrons. The Labute approximate surface area is 169 Å². The minimum Gasteiger partial charge on any atom is -0.487 e. The lowest BCUT2D eigenvalue weighted by Crippen LogP contribution is -2.42. The number of benzene rings is 1. The molecule has 2 aliphatic rings. The van der Waals surface area contributed by atoms with Crippen LogP contribution in [0.2, 0.25) is 0 Å². The molecule has 1 aromatic heterocycles. The Morgan fingerprint density at radius 3 is 2.82 bits per heavy atom. The van der Waals surface area contributed by atoms with Gasteiger partial charge in [-0.05, 0) is 57.8 Å². The maximum atomic E-state index is 14.7. The summed E-state index contributed by atoms with van der Waals surface area (Å²) in [6.07, 6.45) is 4.45. The maximum Gasteiger partial charge on any atom is 0.257 e. The van der Waals surface area contributed by atoms with Crippen molar-refractivity contribution in [3.63, 3.8) is 0 Å². The van der Waals surface area contributed by atoms with Gasteiger partial charge in [0.05, 0.1) is 16.3 Å². The largest absolute Gasteiger partial charge is 0.487 e. The third-order valence-electron chi connectivity index (χ3n) is 5.53. The zero-order valence-electron chi connectivity index (χ0n) is 16.2. The number of halogens is 1. The number of rotatable bonds is 6. The normalized spacial score (nSPS) is 20.1. The lowest BCUT2D eigenvalue weighted by atomic mass is 10.1. The molecule has 0 saturated carbocycles. The molecule has 2 aromatic rings. The zero-order chi connectivity index (χ0) is 19.5. The van der Waals surface area contributed by atoms with E-state index in [1.165, 1.54) is 18.9 Å². The van der Waals surface area contributed by atoms with Gasteiger partial charge >= 0.3 is 0 Å². The lowest BCUT2D eigenvalue weighted by Gasteiger charge is -2.28. The molecule has 0 radical (unpaired) electrons. The molecule has 28 heavy (non-hydrogen) atoms. The molecule has 0 unspecified atom stereocenters. The first kappa shape index (κ1) is 19.3. The van der Waals surface area contributed by atoms with E-state index in [1.54, 1.807) is 23.5 Å². The van der Waals surface area contributed by atoms with Gasteiger partial charge in [-0.2, -0.15) is 0 Å². The van der Waals surface area contributed by atoms with Crippen LogP contribution in [0, 0.1) is 12.7 Å². The van der Waals surface area contributed by atoms with Crippen molar-refractivity contribution >= 4 is 17.2 Å². The van der Waals surface area contributed by atoms with E-state index >= 15 is 0 Å². The molecule has 0 N–H and O–H groups in total. The second kappa shape index (κ2) is 8.57. The van der Waals surface area contributed by atoms with Crippen LogP contribution >= 0.6 is 11.3 Å². The van der Waals surface area contributed by atoms with Crippen LogP contribution in [0.15, 0.2) is 23.6 Å². The van der Waals surface area contributed by atoms with Crippen LogP contribution < -0.4 is 4.74 Å². The molecule has 0 spiro atoms. The molecular weight excluding hydrogens is 377 g/mol. The zero-order valence-corrected chi connectivity index (χ0v) is 17.0. The van der Waals surface area contributed by atoms with Crippen molar-refractivity contribution in [2.24, 2.45) is 0 Å². The minimum absolute atomic E-state index is 0.130. The standard InChI is InChI=1S/C21H26FN3O2S/c1-15-23-16(14-28-15)13-27-18-6-7-19(20(22)11-18)21(26)25-10-4-5-17(25)12-24-8-2-3-9-24/h6-7,11,14,17H,2-5,8-10,12-13H2,1H3/t17-/m0/s1. The summed E-state index contributed by atoms with van der Waals surface area (Å²) in [5, 5.41) is 2.90. The van der Waals surface area contributed by atoms with Crippen LogP contribution in [0.4, 0.5) is 4.39 Å². The van der Waals surface area contributed by atoms with Crippen molar-refractivity contribution in [2.45, 2.75) is 45.3 Å². The van der Waals surface area contributed by atoms with Crippen molar-refractivity contribution < 1.29 is 13.9 Å². The van der Waals surface area contributed by atoms with Gasteiger partial charge in [0.15, 0.2) is 0 Å². The average Bonchev–Trinajstić information content (AvgIpc) is 3.43. The number of aryl methyl sites for hydroxylation is 1. The Bertz CT molecular complexity index is 835. The number of nitrogens with zero attached hydrogens (tertiary/aromatic N) is 3. The molecule has 7 heteroatoms. The molecule has 0 bridgehead atoms. The monoisotopic (exact) mass is 403 g/mol. The van der Waals surface area contributed by atoms with Crippen molar-refractivity contribution in [1.82, 2.24) is 14.8 Å². The van der Waals surface area contributed by atoms with E-state index in [0.29, 0.717) is 18.9 Å². The van der Waals surface area contributed by atoms with Crippen LogP contribution in [0.1, 0.15) is 46.7 Å². The molecule has 1 atom stereocenters. The molecule has 5 nitrogen and oxygen atoms in total. The van der Waals surface area contributed by atoms with Gasteiger partial charge in [0.1, 0.15) is 18.2 Å². The second-order valence-corrected chi connectivity index (χ2v) is 8.65. The first-order chi connectivity index (χ1) is 13.6. The number of ether oxygens (including phenoxy) is 1. The van der Waals surface area contributed by atoms with Gasteiger partial charge < -0.3 is 14.5 Å². The van der Waals surface area contributed by atoms with Crippen LogP contribution in [0.5, 0.6) is 5.75 Å². The third kappa shape index (κ3) is 4.36. The van der Waals surface area contributed by atoms with E-state index in [0.717, 1.165) is 43.2 Å². The van der Waals surface area contributed by atoms with Gasteiger partial charge in [-0.1, -0.05) is 0 Å². The van der Waals surface area contributed by atoms with Gasteiger partial charge in [-0.25, -0.2) is 9.37 Å². The topological polar surface area (TPSA) is 45.7 Å². The van der Waals surface area contributed by atoms with E-state index in [4.69, 9.17) is 4.74 Å². The van der Waals surface area contributed by atoms with Crippen molar-refractivity contribution in [2.75, 3.05) is 26.2 Å². The number of thiazole rings is 1. The second-order valence-electron chi connectivity index (χ2n) is 7.59. The number of hydrogen-bond acceptors (Lipinski definition) is 5. The molecule has 0 aliphatic carbocycles. The smallest absolute Gasteiger partial charge is 0.257 e. The molecule has 3 heterocycles. The van der Waals surface area contributed by atoms with Gasteiger partial charge in [-0.3, -0.25) is 4.79 Å². The lowest BCUT2D eigenvalue weighted by molar-refractivity contribution is 0.0704. The molecule has 1 amide bonds. The summed E-state index contributed by atoms with van der Waals surface area (Å²) in [6, 6.07) is 4.71. The first-order valence-electron chi connectivity index (χ1n) is 9.97. The fourth-order valence-corrected chi connectivity index (χ4v) is 4.70. The quantitative estimate of drug-likeness (QED) is 0.735. The van der Waals surface area contributed by atoms with Crippen LogP contribution in [0.25, 0.3) is 0 Å². The number of aromatic nitrogens is 1. The fraction of sp³-hybridized carbons (Fsp3) is 0.524. The first-order valence-corrected chi connectivity index (χ1v) is 10.8. The number of hydrogen-bond donors (Lipinski definition) is 0. The highest BCUT2D eigenvalue weighted by Crippen LogP contribution is 2.25. The predicted molar refractivity (Wildman–Crippen MR) is 107 cm³/mol. The Morgan fingerprint density at radius 1 is 1.29 bits per heavy atom. The Balaban J connectivity index is 1.40. The highest BCUT2D eigenvalue weighted by atomic mass is 32.1. The van der Waals surface area contributed by atoms with E-state index in [-0.39, 0.29) is 17.5 Å². The van der Waals surface area contributed by atoms with Gasteiger partial charge in [0.2, 0.25) is 0 Å². The molecular formula is C21H26FN3O2S. The van der Waals surface area contributed by atoms with Crippen molar-refractivity contribution in [3.05, 3.63) is 45.7 Å². The summed E-state index contributed by atoms with van der Waals surface area (Å²) in [5.41, 5.74) is 0.954. The molecule has 2 fully saturated rings. The van der Waals surface area contributed by atoms with E-state index in [9.17, 15) is 9.18 Å². The number of carbonyl (C=O) groups excluding carboxylic acids is 1. The van der Waals surface area contributed by atoms with E-state index in [2.05, 4.69) is 9.88 Å². The van der Waals surface area contributed by atoms with Crippen LogP contribution in [-0.4, -0.2) is 52.9 Å². The summed E-state index contributed by atoms with van der Waals surface area (Å²) in [7, 11) is 0. The number of likely N-dealkylation sites (tertiary alicyclic amines) is 2. The number of carbonyl (C=O) groups is 1. The molecule has 2 aliphatic heterocycles. The Morgan fingerprint density at radius 2 is 2.11 bits per heavy atom. The summed E-state index contributed by atoms with van der Waals surface area (Å²) in [6.45, 7) is 6.05. The summed E-state index contributed by atoms with van der Waals surface area (Å²) in [5.74, 6) is -0.320. The Kier molecular flexibility index (Phi) is 5.92. The maximum absolute atomic E-state index is 14.7. The highest BCUT2D eigenvalue weighted by molar-refractivity contribution is 7.09. The third-order valence-corrected chi connectivity index (χ3v) is 6.35. The highest BCUT2D eigenvalue weighted by Gasteiger charge is 2.32. The van der Waals surface area contributed by atoms with Crippen molar-refractivity contribution in [3.8, 4) is 5.75 Å². The van der Waals surface area contributed by atoms with Gasteiger partial charge in [0.25, 0.3) is 5.91 Å². The summed E-state index contributed by atoms with van der Waals surface area (Å²) >= 11 is 1.56. The predicted octanol–water partition coefficient (Wildman–Crippen LogP) is 3.87. The van der Waals surface area contributed by atoms with E-state index in [1.807, 2.05) is 17.2 Å². The van der Waals surface area contributed by atoms with Crippen LogP contribution in [0.3, 0.4) is 0 Å². The SMILES string of the molecule is Cc1nc(COc2ccc(C(=O)N3CCC[C@H]3CN3CCCC3)c(F)c2)cs1. The minimum atomic E-state index is -0.524.